The lowest BCUT2D eigenvalue weighted by Gasteiger charge is -2.15. The quantitative estimate of drug-likeness (QED) is 0.444. The van der Waals surface area contributed by atoms with Gasteiger partial charge in [0.2, 0.25) is 0 Å². The van der Waals surface area contributed by atoms with Crippen molar-refractivity contribution in [1.29, 1.82) is 0 Å². The first kappa shape index (κ1) is 24.3. The zero-order valence-corrected chi connectivity index (χ0v) is 18.4. The van der Waals surface area contributed by atoms with Gasteiger partial charge in [0.05, 0.1) is 27.4 Å². The van der Waals surface area contributed by atoms with E-state index in [9.17, 15) is 19.8 Å². The molecule has 0 saturated heterocycles. The molecule has 0 atom stereocenters. The minimum absolute atomic E-state index is 0.136. The summed E-state index contributed by atoms with van der Waals surface area (Å²) in [6.45, 7) is 3.89. The zero-order chi connectivity index (χ0) is 23.7. The largest absolute Gasteiger partial charge is 0.504 e. The molecule has 0 bridgehead atoms. The maximum Gasteiger partial charge on any atom is 0.330 e. The monoisotopic (exact) mass is 442 g/mol. The number of esters is 2. The number of ether oxygens (including phenoxy) is 4. The molecule has 0 saturated carbocycles. The molecule has 170 valence electrons. The van der Waals surface area contributed by atoms with Crippen LogP contribution in [0, 0.1) is 0 Å². The summed E-state index contributed by atoms with van der Waals surface area (Å²) in [5, 5.41) is 21.4. The molecule has 8 nitrogen and oxygen atoms in total. The highest BCUT2D eigenvalue weighted by Gasteiger charge is 2.18. The fourth-order valence-corrected chi connectivity index (χ4v) is 2.88. The summed E-state index contributed by atoms with van der Waals surface area (Å²) in [6, 6.07) is 6.21. The standard InChI is InChI=1S/C24H26O8/c1-5-31-21(25)9-7-15-11-17(23(27)19(13-15)29-3)18-12-16(8-10-22(26)32-6-2)14-20(30-4)24(18)28/h7-14,27-28H,5-6H2,1-4H3/b9-7+,10-8+. The summed E-state index contributed by atoms with van der Waals surface area (Å²) < 4.78 is 20.3. The van der Waals surface area contributed by atoms with Gasteiger partial charge in [0.1, 0.15) is 0 Å². The first-order valence-corrected chi connectivity index (χ1v) is 9.86. The van der Waals surface area contributed by atoms with Gasteiger partial charge in [-0.3, -0.25) is 0 Å². The van der Waals surface area contributed by atoms with E-state index in [2.05, 4.69) is 0 Å². The molecule has 0 heterocycles. The van der Waals surface area contributed by atoms with Crippen molar-refractivity contribution in [1.82, 2.24) is 0 Å². The lowest BCUT2D eigenvalue weighted by atomic mass is 9.97. The minimum atomic E-state index is -0.517. The van der Waals surface area contributed by atoms with Crippen molar-refractivity contribution in [2.45, 2.75) is 13.8 Å². The van der Waals surface area contributed by atoms with Gasteiger partial charge in [-0.2, -0.15) is 0 Å². The molecule has 0 aliphatic carbocycles. The van der Waals surface area contributed by atoms with Gasteiger partial charge in [0.15, 0.2) is 23.0 Å². The third kappa shape index (κ3) is 6.04. The summed E-state index contributed by atoms with van der Waals surface area (Å²) in [4.78, 5) is 23.3. The molecule has 0 radical (unpaired) electrons. The number of hydrogen-bond donors (Lipinski definition) is 2. The van der Waals surface area contributed by atoms with E-state index in [1.165, 1.54) is 50.7 Å². The Kier molecular flexibility index (Phi) is 8.71. The van der Waals surface area contributed by atoms with Crippen LogP contribution in [-0.4, -0.2) is 49.6 Å². The second-order valence-electron chi connectivity index (χ2n) is 6.41. The number of phenols is 2. The van der Waals surface area contributed by atoms with Gasteiger partial charge in [-0.1, -0.05) is 0 Å². The molecule has 0 aliphatic heterocycles. The molecular formula is C24H26O8. The van der Waals surface area contributed by atoms with Crippen molar-refractivity contribution in [3.63, 3.8) is 0 Å². The Balaban J connectivity index is 2.61. The van der Waals surface area contributed by atoms with Gasteiger partial charge >= 0.3 is 11.9 Å². The fourth-order valence-electron chi connectivity index (χ4n) is 2.88. The highest BCUT2D eigenvalue weighted by Crippen LogP contribution is 2.45. The second kappa shape index (κ2) is 11.5. The Morgan fingerprint density at radius 3 is 1.44 bits per heavy atom. The molecule has 8 heteroatoms. The molecular weight excluding hydrogens is 416 g/mol. The van der Waals surface area contributed by atoms with Gasteiger partial charge in [-0.05, 0) is 61.4 Å². The predicted octanol–water partition coefficient (Wildman–Crippen LogP) is 3.93. The molecule has 2 aromatic rings. The summed E-state index contributed by atoms with van der Waals surface area (Å²) in [7, 11) is 2.77. The fraction of sp³-hybridized carbons (Fsp3) is 0.250. The van der Waals surface area contributed by atoms with Crippen LogP contribution in [0.2, 0.25) is 0 Å². The molecule has 0 amide bonds. The normalized spacial score (nSPS) is 11.0. The minimum Gasteiger partial charge on any atom is -0.504 e. The molecule has 0 spiro atoms. The van der Waals surface area contributed by atoms with Crippen molar-refractivity contribution in [2.24, 2.45) is 0 Å². The molecule has 0 fully saturated rings. The van der Waals surface area contributed by atoms with Crippen LogP contribution >= 0.6 is 0 Å². The lowest BCUT2D eigenvalue weighted by Crippen LogP contribution is -1.99. The van der Waals surface area contributed by atoms with Crippen LogP contribution in [0.3, 0.4) is 0 Å². The summed E-state index contributed by atoms with van der Waals surface area (Å²) >= 11 is 0. The van der Waals surface area contributed by atoms with Crippen LogP contribution < -0.4 is 9.47 Å². The van der Waals surface area contributed by atoms with Crippen molar-refractivity contribution in [3.05, 3.63) is 47.5 Å². The highest BCUT2D eigenvalue weighted by atomic mass is 16.5. The molecule has 32 heavy (non-hydrogen) atoms. The lowest BCUT2D eigenvalue weighted by molar-refractivity contribution is -0.138. The highest BCUT2D eigenvalue weighted by molar-refractivity contribution is 5.90. The zero-order valence-electron chi connectivity index (χ0n) is 18.4. The summed E-state index contributed by atoms with van der Waals surface area (Å²) in [5.74, 6) is -1.20. The maximum atomic E-state index is 11.7. The van der Waals surface area contributed by atoms with E-state index in [4.69, 9.17) is 18.9 Å². The number of carbonyl (C=O) groups is 2. The van der Waals surface area contributed by atoms with Crippen LogP contribution in [0.25, 0.3) is 23.3 Å². The number of rotatable bonds is 9. The SMILES string of the molecule is CCOC(=O)/C=C/c1cc(OC)c(O)c(-c2cc(/C=C/C(=O)OCC)cc(OC)c2O)c1. The van der Waals surface area contributed by atoms with Crippen LogP contribution in [0.1, 0.15) is 25.0 Å². The van der Waals surface area contributed by atoms with Crippen LogP contribution in [0.5, 0.6) is 23.0 Å². The molecule has 2 aromatic carbocycles. The summed E-state index contributed by atoms with van der Waals surface area (Å²) in [6.07, 6.45) is 5.50. The van der Waals surface area contributed by atoms with Crippen molar-refractivity contribution in [3.8, 4) is 34.1 Å². The van der Waals surface area contributed by atoms with E-state index in [0.29, 0.717) is 11.1 Å². The Labute approximate surface area is 186 Å². The number of hydrogen-bond acceptors (Lipinski definition) is 8. The third-order valence-corrected chi connectivity index (χ3v) is 4.32. The van der Waals surface area contributed by atoms with Crippen LogP contribution in [-0.2, 0) is 19.1 Å². The van der Waals surface area contributed by atoms with E-state index in [-0.39, 0.29) is 47.3 Å². The first-order valence-electron chi connectivity index (χ1n) is 9.86. The van der Waals surface area contributed by atoms with Gasteiger partial charge < -0.3 is 29.2 Å². The Hall–Kier alpha value is -3.94. The number of aromatic hydroxyl groups is 2. The van der Waals surface area contributed by atoms with Gasteiger partial charge in [0.25, 0.3) is 0 Å². The number of phenolic OH excluding ortho intramolecular Hbond substituents is 2. The van der Waals surface area contributed by atoms with Crippen molar-refractivity contribution in [2.75, 3.05) is 27.4 Å². The van der Waals surface area contributed by atoms with E-state index < -0.39 is 11.9 Å². The third-order valence-electron chi connectivity index (χ3n) is 4.32. The van der Waals surface area contributed by atoms with E-state index >= 15 is 0 Å². The van der Waals surface area contributed by atoms with Crippen molar-refractivity contribution >= 4 is 24.1 Å². The van der Waals surface area contributed by atoms with E-state index in [1.54, 1.807) is 26.0 Å². The molecule has 2 rings (SSSR count). The Morgan fingerprint density at radius 1 is 0.750 bits per heavy atom. The van der Waals surface area contributed by atoms with Gasteiger partial charge in [0, 0.05) is 23.3 Å². The van der Waals surface area contributed by atoms with E-state index in [0.717, 1.165) is 0 Å². The second-order valence-corrected chi connectivity index (χ2v) is 6.41. The average Bonchev–Trinajstić information content (AvgIpc) is 2.78. The first-order chi connectivity index (χ1) is 15.3. The average molecular weight is 442 g/mol. The summed E-state index contributed by atoms with van der Waals surface area (Å²) in [5.41, 5.74) is 1.51. The van der Waals surface area contributed by atoms with Crippen molar-refractivity contribution < 1.29 is 38.7 Å². The Bertz CT molecular complexity index is 953. The Morgan fingerprint density at radius 2 is 1.12 bits per heavy atom. The van der Waals surface area contributed by atoms with Crippen LogP contribution in [0.15, 0.2) is 36.4 Å². The van der Waals surface area contributed by atoms with E-state index in [1.807, 2.05) is 0 Å². The number of carbonyl (C=O) groups excluding carboxylic acids is 2. The van der Waals surface area contributed by atoms with Crippen LogP contribution in [0.4, 0.5) is 0 Å². The molecule has 0 aromatic heterocycles. The smallest absolute Gasteiger partial charge is 0.330 e. The maximum absolute atomic E-state index is 11.7. The molecule has 2 N–H and O–H groups in total. The number of benzene rings is 2. The number of methoxy groups -OCH3 is 2. The molecule has 0 aliphatic rings. The topological polar surface area (TPSA) is 112 Å². The van der Waals surface area contributed by atoms with Gasteiger partial charge in [-0.25, -0.2) is 9.59 Å². The molecule has 0 unspecified atom stereocenters. The van der Waals surface area contributed by atoms with Gasteiger partial charge in [-0.15, -0.1) is 0 Å². The predicted molar refractivity (Wildman–Crippen MR) is 120 cm³/mol.